The van der Waals surface area contributed by atoms with E-state index in [0.29, 0.717) is 51.8 Å². The van der Waals surface area contributed by atoms with Gasteiger partial charge >= 0.3 is 0 Å². The molecule has 1 aliphatic rings. The Balaban J connectivity index is 1.70. The van der Waals surface area contributed by atoms with E-state index in [9.17, 15) is 9.28 Å². The molecular formula is C21H22Cl2FN3O2. The highest BCUT2D eigenvalue weighted by Gasteiger charge is 2.23. The molecule has 1 saturated heterocycles. The number of allylic oxidation sites excluding steroid dienone is 1. The van der Waals surface area contributed by atoms with Gasteiger partial charge in [-0.1, -0.05) is 33.7 Å². The number of halogens is 3. The zero-order chi connectivity index (χ0) is 21.0. The van der Waals surface area contributed by atoms with Crippen molar-refractivity contribution in [3.05, 3.63) is 63.9 Å². The molecule has 3 rings (SSSR count). The fourth-order valence-corrected chi connectivity index (χ4v) is 3.43. The van der Waals surface area contributed by atoms with Crippen LogP contribution in [0.5, 0.6) is 5.75 Å². The molecule has 8 heteroatoms. The number of methoxy groups -OCH3 is 1. The lowest BCUT2D eigenvalue weighted by Crippen LogP contribution is -2.23. The van der Waals surface area contributed by atoms with Gasteiger partial charge < -0.3 is 15.0 Å². The number of benzene rings is 2. The van der Waals surface area contributed by atoms with Crippen molar-refractivity contribution in [3.63, 3.8) is 0 Å². The van der Waals surface area contributed by atoms with Gasteiger partial charge in [-0.15, -0.1) is 0 Å². The Hall–Kier alpha value is -2.44. The molecular weight excluding hydrogens is 416 g/mol. The number of amides is 1. The second-order valence-corrected chi connectivity index (χ2v) is 7.54. The highest BCUT2D eigenvalue weighted by Crippen LogP contribution is 2.34. The minimum atomic E-state index is 0.0687. The number of carbonyl (C=O) groups excluding carboxylic acids is 1. The van der Waals surface area contributed by atoms with Crippen molar-refractivity contribution in [1.82, 2.24) is 5.32 Å². The highest BCUT2D eigenvalue weighted by atomic mass is 35.5. The van der Waals surface area contributed by atoms with E-state index in [2.05, 4.69) is 5.32 Å². The van der Waals surface area contributed by atoms with Crippen molar-refractivity contribution in [2.75, 3.05) is 23.7 Å². The minimum Gasteiger partial charge on any atom is -0.494 e. The third kappa shape index (κ3) is 5.14. The molecule has 1 aliphatic heterocycles. The molecule has 1 heterocycles. The molecule has 0 bridgehead atoms. The van der Waals surface area contributed by atoms with Crippen molar-refractivity contribution in [3.8, 4) is 5.75 Å². The zero-order valence-electron chi connectivity index (χ0n) is 16.2. The summed E-state index contributed by atoms with van der Waals surface area (Å²) < 4.78 is 20.1. The summed E-state index contributed by atoms with van der Waals surface area (Å²) in [5, 5.41) is 4.58. The second-order valence-electron chi connectivity index (χ2n) is 6.73. The van der Waals surface area contributed by atoms with E-state index in [1.54, 1.807) is 42.2 Å². The van der Waals surface area contributed by atoms with Gasteiger partial charge in [0.1, 0.15) is 11.4 Å². The van der Waals surface area contributed by atoms with E-state index >= 15 is 0 Å². The van der Waals surface area contributed by atoms with Crippen LogP contribution in [0, 0.1) is 0 Å². The van der Waals surface area contributed by atoms with Gasteiger partial charge in [0.25, 0.3) is 0 Å². The van der Waals surface area contributed by atoms with E-state index in [-0.39, 0.29) is 11.6 Å². The Kier molecular flexibility index (Phi) is 6.87. The van der Waals surface area contributed by atoms with Gasteiger partial charge in [0.05, 0.1) is 23.4 Å². The van der Waals surface area contributed by atoms with Gasteiger partial charge in [-0.3, -0.25) is 4.79 Å². The zero-order valence-corrected chi connectivity index (χ0v) is 17.7. The molecule has 0 aliphatic carbocycles. The van der Waals surface area contributed by atoms with Gasteiger partial charge in [0, 0.05) is 37.0 Å². The Morgan fingerprint density at radius 2 is 2.07 bits per heavy atom. The summed E-state index contributed by atoms with van der Waals surface area (Å²) >= 11 is 11.9. The van der Waals surface area contributed by atoms with Crippen molar-refractivity contribution in [2.24, 2.45) is 0 Å². The van der Waals surface area contributed by atoms with Gasteiger partial charge in [-0.25, -0.2) is 0 Å². The van der Waals surface area contributed by atoms with Crippen LogP contribution in [0.2, 0.25) is 10.0 Å². The Morgan fingerprint density at radius 3 is 2.72 bits per heavy atom. The predicted molar refractivity (Wildman–Crippen MR) is 115 cm³/mol. The normalized spacial score (nSPS) is 14.3. The average molecular weight is 438 g/mol. The summed E-state index contributed by atoms with van der Waals surface area (Å²) in [6.07, 6.45) is 2.69. The maximum absolute atomic E-state index is 14.8. The van der Waals surface area contributed by atoms with Crippen LogP contribution < -0.4 is 20.1 Å². The molecule has 154 valence electrons. The minimum absolute atomic E-state index is 0.0687. The van der Waals surface area contributed by atoms with Crippen molar-refractivity contribution >= 4 is 40.5 Å². The summed E-state index contributed by atoms with van der Waals surface area (Å²) in [6.45, 7) is 2.90. The van der Waals surface area contributed by atoms with Gasteiger partial charge in [-0.05, 0) is 43.2 Å². The molecule has 0 aromatic heterocycles. The number of anilines is 2. The largest absolute Gasteiger partial charge is 0.494 e. The van der Waals surface area contributed by atoms with Gasteiger partial charge in [0.2, 0.25) is 5.91 Å². The van der Waals surface area contributed by atoms with Crippen LogP contribution in [0.3, 0.4) is 0 Å². The van der Waals surface area contributed by atoms with Crippen molar-refractivity contribution in [2.45, 2.75) is 26.3 Å². The van der Waals surface area contributed by atoms with Crippen LogP contribution in [0.15, 0.2) is 48.3 Å². The quantitative estimate of drug-likeness (QED) is 0.583. The van der Waals surface area contributed by atoms with E-state index in [1.165, 1.54) is 13.3 Å². The molecule has 1 fully saturated rings. The lowest BCUT2D eigenvalue weighted by molar-refractivity contribution is -0.117. The molecule has 1 amide bonds. The summed E-state index contributed by atoms with van der Waals surface area (Å²) in [6, 6.07) is 10.3. The van der Waals surface area contributed by atoms with E-state index in [4.69, 9.17) is 27.9 Å². The molecule has 0 saturated carbocycles. The van der Waals surface area contributed by atoms with Gasteiger partial charge in [0.15, 0.2) is 0 Å². The lowest BCUT2D eigenvalue weighted by atomic mass is 10.2. The Morgan fingerprint density at radius 1 is 1.28 bits per heavy atom. The highest BCUT2D eigenvalue weighted by molar-refractivity contribution is 6.42. The summed E-state index contributed by atoms with van der Waals surface area (Å²) in [4.78, 5) is 13.6. The first-order valence-electron chi connectivity index (χ1n) is 9.18. The van der Waals surface area contributed by atoms with E-state index < -0.39 is 0 Å². The molecule has 0 atom stereocenters. The lowest BCUT2D eigenvalue weighted by Gasteiger charge is -2.20. The first-order chi connectivity index (χ1) is 13.9. The predicted octanol–water partition coefficient (Wildman–Crippen LogP) is 5.47. The van der Waals surface area contributed by atoms with E-state index in [1.807, 2.05) is 6.07 Å². The number of nitrogens with one attached hydrogen (secondary N) is 1. The number of rotatable bonds is 7. The number of ether oxygens (including phenoxy) is 1. The molecule has 0 spiro atoms. The Bertz CT molecular complexity index is 936. The monoisotopic (exact) mass is 437 g/mol. The number of hydrogen-bond donors (Lipinski definition) is 1. The SMILES string of the molecule is COc1cc(N2CCCC2=O)ccc1N(F)/C=C(/C)NCc1ccc(Cl)c(Cl)c1. The first kappa shape index (κ1) is 21.3. The van der Waals surface area contributed by atoms with Gasteiger partial charge in [-0.2, -0.15) is 5.12 Å². The number of nitrogens with zero attached hydrogens (tertiary/aromatic N) is 2. The molecule has 2 aromatic rings. The third-order valence-electron chi connectivity index (χ3n) is 4.64. The molecule has 2 aromatic carbocycles. The topological polar surface area (TPSA) is 44.8 Å². The van der Waals surface area contributed by atoms with Crippen LogP contribution in [0.25, 0.3) is 0 Å². The summed E-state index contributed by atoms with van der Waals surface area (Å²) in [7, 11) is 1.47. The summed E-state index contributed by atoms with van der Waals surface area (Å²) in [5.41, 5.74) is 2.49. The maximum Gasteiger partial charge on any atom is 0.227 e. The fourth-order valence-electron chi connectivity index (χ4n) is 3.11. The molecule has 0 radical (unpaired) electrons. The number of carbonyl (C=O) groups is 1. The van der Waals surface area contributed by atoms with Crippen molar-refractivity contribution < 1.29 is 14.0 Å². The average Bonchev–Trinajstić information content (AvgIpc) is 3.14. The second kappa shape index (κ2) is 9.37. The van der Waals surface area contributed by atoms with Crippen LogP contribution in [0.4, 0.5) is 15.9 Å². The molecule has 1 N–H and O–H groups in total. The standard InChI is InChI=1S/C21H22Cl2FN3O2/c1-14(25-12-15-5-7-17(22)18(23)10-15)13-27(24)19-8-6-16(11-20(19)29-2)26-9-3-4-21(26)28/h5-8,10-11,13,25H,3-4,9,12H2,1-2H3/b14-13-. The molecule has 0 unspecified atom stereocenters. The number of hydrogen-bond acceptors (Lipinski definition) is 4. The smallest absolute Gasteiger partial charge is 0.227 e. The Labute approximate surface area is 179 Å². The van der Waals surface area contributed by atoms with Crippen LogP contribution in [0.1, 0.15) is 25.3 Å². The van der Waals surface area contributed by atoms with E-state index in [0.717, 1.165) is 12.0 Å². The van der Waals surface area contributed by atoms with Crippen LogP contribution in [-0.4, -0.2) is 19.6 Å². The van der Waals surface area contributed by atoms with Crippen molar-refractivity contribution in [1.29, 1.82) is 0 Å². The first-order valence-corrected chi connectivity index (χ1v) is 9.94. The van der Waals surface area contributed by atoms with Crippen LogP contribution in [-0.2, 0) is 11.3 Å². The molecule has 5 nitrogen and oxygen atoms in total. The molecule has 29 heavy (non-hydrogen) atoms. The maximum atomic E-state index is 14.8. The third-order valence-corrected chi connectivity index (χ3v) is 5.38. The fraction of sp³-hybridized carbons (Fsp3) is 0.286. The van der Waals surface area contributed by atoms with Crippen LogP contribution >= 0.6 is 23.2 Å². The summed E-state index contributed by atoms with van der Waals surface area (Å²) in [5.74, 6) is 0.414.